The van der Waals surface area contributed by atoms with E-state index < -0.39 is 44.4 Å². The molecule has 0 saturated carbocycles. The summed E-state index contributed by atoms with van der Waals surface area (Å²) in [7, 11) is -3.26. The Morgan fingerprint density at radius 3 is 2.62 bits per heavy atom. The van der Waals surface area contributed by atoms with Gasteiger partial charge in [0, 0.05) is 36.1 Å². The Balaban J connectivity index is 1.56. The number of methoxy groups -OCH3 is 1. The Morgan fingerprint density at radius 1 is 1.23 bits per heavy atom. The van der Waals surface area contributed by atoms with Crippen LogP contribution < -0.4 is 14.8 Å². The van der Waals surface area contributed by atoms with E-state index in [0.29, 0.717) is 19.1 Å². The third-order valence-electron chi connectivity index (χ3n) is 6.00. The molecule has 1 aliphatic rings. The number of nitrogens with zero attached hydrogens (tertiary/aromatic N) is 2. The summed E-state index contributed by atoms with van der Waals surface area (Å²) >= 11 is 5.99. The fourth-order valence-electron chi connectivity index (χ4n) is 3.98. The van der Waals surface area contributed by atoms with Crippen molar-refractivity contribution < 1.29 is 31.8 Å². The third-order valence-corrected chi connectivity index (χ3v) is 7.59. The molecule has 0 spiro atoms. The van der Waals surface area contributed by atoms with E-state index in [0.717, 1.165) is 31.0 Å². The van der Waals surface area contributed by atoms with Gasteiger partial charge < -0.3 is 19.9 Å². The highest BCUT2D eigenvalue weighted by molar-refractivity contribution is 7.92. The Kier molecular flexibility index (Phi) is 8.56. The summed E-state index contributed by atoms with van der Waals surface area (Å²) in [5.74, 6) is 2.94. The lowest BCUT2D eigenvalue weighted by atomic mass is 10.0. The number of benzene rings is 2. The fourth-order valence-corrected chi connectivity index (χ4v) is 5.58. The van der Waals surface area contributed by atoms with Gasteiger partial charge >= 0.3 is 0 Å². The van der Waals surface area contributed by atoms with Crippen LogP contribution in [0.4, 0.5) is 20.4 Å². The summed E-state index contributed by atoms with van der Waals surface area (Å²) in [6, 6.07) is 4.23. The van der Waals surface area contributed by atoms with E-state index in [2.05, 4.69) is 31.8 Å². The second kappa shape index (κ2) is 11.7. The largest absolute Gasteiger partial charge is 0.495 e. The smallest absolute Gasteiger partial charge is 0.265 e. The predicted octanol–water partition coefficient (Wildman–Crippen LogP) is 4.09. The van der Waals surface area contributed by atoms with Crippen LogP contribution in [0.1, 0.15) is 36.5 Å². The van der Waals surface area contributed by atoms with Crippen molar-refractivity contribution in [3.63, 3.8) is 0 Å². The number of halogens is 3. The van der Waals surface area contributed by atoms with E-state index in [1.165, 1.54) is 25.6 Å². The van der Waals surface area contributed by atoms with Crippen molar-refractivity contribution >= 4 is 33.3 Å². The predicted molar refractivity (Wildman–Crippen MR) is 141 cm³/mol. The number of rotatable bonds is 8. The number of nitrogens with one attached hydrogen (secondary N) is 2. The van der Waals surface area contributed by atoms with E-state index >= 15 is 4.39 Å². The van der Waals surface area contributed by atoms with Gasteiger partial charge in [0.25, 0.3) is 10.0 Å². The first-order valence-corrected chi connectivity index (χ1v) is 13.6. The van der Waals surface area contributed by atoms with Crippen LogP contribution in [0.5, 0.6) is 5.75 Å². The van der Waals surface area contributed by atoms with Gasteiger partial charge in [-0.05, 0) is 44.0 Å². The highest BCUT2D eigenvalue weighted by atomic mass is 35.5. The molecule has 1 unspecified atom stereocenters. The number of ether oxygens (including phenoxy) is 2. The average Bonchev–Trinajstić information content (AvgIpc) is 3.35. The molecule has 1 fully saturated rings. The maximum absolute atomic E-state index is 15.2. The van der Waals surface area contributed by atoms with Crippen LogP contribution in [0.25, 0.3) is 0 Å². The number of hydrogen-bond acceptors (Lipinski definition) is 8. The molecule has 13 heteroatoms. The molecule has 1 atom stereocenters. The molecule has 1 aliphatic heterocycles. The molecule has 4 rings (SSSR count). The zero-order valence-electron chi connectivity index (χ0n) is 21.0. The summed E-state index contributed by atoms with van der Waals surface area (Å²) in [5.41, 5.74) is -1.10. The summed E-state index contributed by atoms with van der Waals surface area (Å²) in [6.45, 7) is 2.69. The minimum absolute atomic E-state index is 0.0101. The van der Waals surface area contributed by atoms with Crippen LogP contribution in [0, 0.1) is 23.5 Å². The van der Waals surface area contributed by atoms with Crippen molar-refractivity contribution in [1.29, 1.82) is 0 Å². The van der Waals surface area contributed by atoms with Gasteiger partial charge in [0.2, 0.25) is 5.95 Å². The first-order valence-electron chi connectivity index (χ1n) is 11.8. The standard InChI is InChI=1S/C26H25ClF2N4O5S/c1-26(8-3-9-38-26)15-32-25-30-12-16(13-31-25)4-5-19-20(28)6-7-21(23(19)29)33-39(35,36)22-11-18(27)10-17(14-34)24(22)37-2/h6-7,10-13,33-34H,3,8-9,14-15H2,1-2H3,(H,30,31,32). The summed E-state index contributed by atoms with van der Waals surface area (Å²) in [4.78, 5) is 7.90. The zero-order chi connectivity index (χ0) is 28.2. The monoisotopic (exact) mass is 578 g/mol. The van der Waals surface area contributed by atoms with Crippen molar-refractivity contribution in [3.05, 3.63) is 70.0 Å². The first-order chi connectivity index (χ1) is 18.5. The van der Waals surface area contributed by atoms with Gasteiger partial charge in [-0.2, -0.15) is 0 Å². The normalized spacial score (nSPS) is 16.9. The van der Waals surface area contributed by atoms with Gasteiger partial charge in [-0.1, -0.05) is 23.4 Å². The van der Waals surface area contributed by atoms with Crippen LogP contribution in [0.3, 0.4) is 0 Å². The molecule has 3 N–H and O–H groups in total. The van der Waals surface area contributed by atoms with Gasteiger partial charge in [-0.15, -0.1) is 0 Å². The molecular weight excluding hydrogens is 554 g/mol. The SMILES string of the molecule is COc1c(CO)cc(Cl)cc1S(=O)(=O)Nc1ccc(F)c(C#Cc2cnc(NCC3(C)CCCO3)nc2)c1F. The lowest BCUT2D eigenvalue weighted by molar-refractivity contribution is 0.0314. The fraction of sp³-hybridized carbons (Fsp3) is 0.308. The number of anilines is 2. The van der Waals surface area contributed by atoms with Crippen molar-refractivity contribution in [3.8, 4) is 17.6 Å². The highest BCUT2D eigenvalue weighted by Gasteiger charge is 2.29. The lowest BCUT2D eigenvalue weighted by Crippen LogP contribution is -2.33. The van der Waals surface area contributed by atoms with Crippen LogP contribution >= 0.6 is 11.6 Å². The molecule has 2 aromatic carbocycles. The van der Waals surface area contributed by atoms with Crippen molar-refractivity contribution in [1.82, 2.24) is 9.97 Å². The van der Waals surface area contributed by atoms with E-state index in [1.807, 2.05) is 6.92 Å². The number of aromatic nitrogens is 2. The number of aliphatic hydroxyl groups is 1. The lowest BCUT2D eigenvalue weighted by Gasteiger charge is -2.23. The molecule has 1 saturated heterocycles. The van der Waals surface area contributed by atoms with E-state index in [1.54, 1.807) is 0 Å². The summed E-state index contributed by atoms with van der Waals surface area (Å²) in [5, 5.41) is 12.6. The zero-order valence-corrected chi connectivity index (χ0v) is 22.6. The van der Waals surface area contributed by atoms with Crippen molar-refractivity contribution in [2.75, 3.05) is 30.3 Å². The minimum Gasteiger partial charge on any atom is -0.495 e. The number of hydrogen-bond donors (Lipinski definition) is 3. The first kappa shape index (κ1) is 28.5. The second-order valence-electron chi connectivity index (χ2n) is 8.94. The van der Waals surface area contributed by atoms with Gasteiger partial charge in [-0.25, -0.2) is 27.2 Å². The van der Waals surface area contributed by atoms with Crippen LogP contribution in [-0.2, 0) is 21.4 Å². The molecule has 0 aliphatic carbocycles. The molecule has 39 heavy (non-hydrogen) atoms. The van der Waals surface area contributed by atoms with E-state index in [4.69, 9.17) is 21.1 Å². The summed E-state index contributed by atoms with van der Waals surface area (Å²) < 4.78 is 68.7. The van der Waals surface area contributed by atoms with Gasteiger partial charge in [0.15, 0.2) is 5.82 Å². The van der Waals surface area contributed by atoms with Gasteiger partial charge in [0.1, 0.15) is 16.5 Å². The van der Waals surface area contributed by atoms with Crippen LogP contribution in [0.15, 0.2) is 41.6 Å². The summed E-state index contributed by atoms with van der Waals surface area (Å²) in [6.07, 6.45) is 4.70. The molecule has 1 aromatic heterocycles. The quantitative estimate of drug-likeness (QED) is 0.342. The molecule has 2 heterocycles. The second-order valence-corrected chi connectivity index (χ2v) is 11.0. The average molecular weight is 579 g/mol. The van der Waals surface area contributed by atoms with Gasteiger partial charge in [0.05, 0.1) is 36.1 Å². The highest BCUT2D eigenvalue weighted by Crippen LogP contribution is 2.34. The van der Waals surface area contributed by atoms with Gasteiger partial charge in [-0.3, -0.25) is 4.72 Å². The number of aliphatic hydroxyl groups excluding tert-OH is 1. The molecule has 3 aromatic rings. The molecule has 206 valence electrons. The Hall–Kier alpha value is -3.50. The third kappa shape index (κ3) is 6.57. The molecule has 0 radical (unpaired) electrons. The Morgan fingerprint density at radius 2 is 1.97 bits per heavy atom. The topological polar surface area (TPSA) is 123 Å². The molecule has 0 bridgehead atoms. The number of sulfonamides is 1. The Bertz CT molecular complexity index is 1540. The van der Waals surface area contributed by atoms with E-state index in [-0.39, 0.29) is 27.5 Å². The molecular formula is C26H25ClF2N4O5S. The molecule has 9 nitrogen and oxygen atoms in total. The maximum Gasteiger partial charge on any atom is 0.265 e. The van der Waals surface area contributed by atoms with Crippen molar-refractivity contribution in [2.24, 2.45) is 0 Å². The minimum atomic E-state index is -4.47. The van der Waals surface area contributed by atoms with E-state index in [9.17, 15) is 17.9 Å². The van der Waals surface area contributed by atoms with Crippen LogP contribution in [0.2, 0.25) is 5.02 Å². The Labute approximate surface area is 229 Å². The molecule has 0 amide bonds. The maximum atomic E-state index is 15.2. The van der Waals surface area contributed by atoms with Crippen LogP contribution in [-0.4, -0.2) is 49.4 Å². The van der Waals surface area contributed by atoms with Crippen molar-refractivity contribution in [2.45, 2.75) is 36.9 Å².